The van der Waals surface area contributed by atoms with Crippen molar-refractivity contribution in [3.05, 3.63) is 52.6 Å². The van der Waals surface area contributed by atoms with E-state index in [1.807, 2.05) is 6.07 Å². The molecule has 1 amide bonds. The number of benzene rings is 1. The number of amides is 1. The van der Waals surface area contributed by atoms with Crippen molar-refractivity contribution in [2.45, 2.75) is 25.4 Å². The fourth-order valence-corrected chi connectivity index (χ4v) is 4.87. The molecule has 11 heteroatoms. The number of rotatable bonds is 5. The predicted molar refractivity (Wildman–Crippen MR) is 134 cm³/mol. The van der Waals surface area contributed by atoms with Gasteiger partial charge in [0.15, 0.2) is 11.5 Å². The standard InChI is InChI=1S/C24H23BrFN7O2/c1-27-23-21(25)20(13-28-17-5-7-32(8-6-17)24(34)35-2)31-22-18(12-30-33(22)23)15-9-14-10-16(26)3-4-19(14)29-11-15/h3-4,9-12,17,28H,1,5-8,13H2,2H3. The van der Waals surface area contributed by atoms with Gasteiger partial charge in [-0.1, -0.05) is 0 Å². The number of hydrogen-bond donors (Lipinski definition) is 1. The maximum absolute atomic E-state index is 13.8. The normalized spacial score (nSPS) is 14.5. The van der Waals surface area contributed by atoms with Crippen molar-refractivity contribution in [3.63, 3.8) is 0 Å². The summed E-state index contributed by atoms with van der Waals surface area (Å²) in [5.74, 6) is 0.223. The summed E-state index contributed by atoms with van der Waals surface area (Å²) in [7, 11) is 1.40. The molecule has 1 fully saturated rings. The molecule has 0 atom stereocenters. The summed E-state index contributed by atoms with van der Waals surface area (Å²) in [6.45, 7) is 5.48. The number of nitrogens with one attached hydrogen (secondary N) is 1. The van der Waals surface area contributed by atoms with Crippen LogP contribution < -0.4 is 5.32 Å². The number of aromatic nitrogens is 4. The van der Waals surface area contributed by atoms with Crippen LogP contribution in [-0.4, -0.2) is 63.5 Å². The van der Waals surface area contributed by atoms with Gasteiger partial charge in [0.05, 0.1) is 29.0 Å². The maximum Gasteiger partial charge on any atom is 0.409 e. The summed E-state index contributed by atoms with van der Waals surface area (Å²) in [6.07, 6.45) is 4.77. The van der Waals surface area contributed by atoms with Crippen LogP contribution in [0.1, 0.15) is 18.5 Å². The molecule has 1 aliphatic rings. The fraction of sp³-hybridized carbons (Fsp3) is 0.292. The molecule has 1 N–H and O–H groups in total. The summed E-state index contributed by atoms with van der Waals surface area (Å²) in [5.41, 5.74) is 3.60. The van der Waals surface area contributed by atoms with E-state index in [9.17, 15) is 9.18 Å². The minimum absolute atomic E-state index is 0.241. The van der Waals surface area contributed by atoms with Crippen LogP contribution in [0.2, 0.25) is 0 Å². The minimum Gasteiger partial charge on any atom is -0.453 e. The highest BCUT2D eigenvalue weighted by atomic mass is 79.9. The number of likely N-dealkylation sites (tertiary alicyclic amines) is 1. The Balaban J connectivity index is 1.44. The smallest absolute Gasteiger partial charge is 0.409 e. The first-order valence-corrected chi connectivity index (χ1v) is 11.9. The van der Waals surface area contributed by atoms with Crippen LogP contribution in [0.4, 0.5) is 15.0 Å². The zero-order chi connectivity index (χ0) is 24.5. The third-order valence-corrected chi connectivity index (χ3v) is 7.04. The molecule has 180 valence electrons. The number of hydrogen-bond acceptors (Lipinski definition) is 7. The van der Waals surface area contributed by atoms with Gasteiger partial charge in [-0.2, -0.15) is 9.61 Å². The summed E-state index contributed by atoms with van der Waals surface area (Å²) in [5, 5.41) is 8.70. The Bertz CT molecular complexity index is 1430. The lowest BCUT2D eigenvalue weighted by atomic mass is 10.1. The van der Waals surface area contributed by atoms with Gasteiger partial charge in [-0.25, -0.2) is 19.2 Å². The number of pyridine rings is 1. The van der Waals surface area contributed by atoms with Crippen molar-refractivity contribution in [2.75, 3.05) is 20.2 Å². The highest BCUT2D eigenvalue weighted by Gasteiger charge is 2.24. The Morgan fingerprint density at radius 3 is 2.86 bits per heavy atom. The minimum atomic E-state index is -0.317. The van der Waals surface area contributed by atoms with Crippen molar-refractivity contribution in [1.29, 1.82) is 0 Å². The zero-order valence-electron chi connectivity index (χ0n) is 19.0. The molecule has 0 radical (unpaired) electrons. The zero-order valence-corrected chi connectivity index (χ0v) is 20.6. The van der Waals surface area contributed by atoms with Gasteiger partial charge in [-0.15, -0.1) is 0 Å². The molecular weight excluding hydrogens is 517 g/mol. The number of ether oxygens (including phenoxy) is 1. The summed E-state index contributed by atoms with van der Waals surface area (Å²) in [4.78, 5) is 26.9. The second kappa shape index (κ2) is 9.67. The number of carbonyl (C=O) groups is 1. The van der Waals surface area contributed by atoms with E-state index in [1.165, 1.54) is 19.2 Å². The van der Waals surface area contributed by atoms with Crippen LogP contribution in [0.15, 0.2) is 46.1 Å². The number of methoxy groups -OCH3 is 1. The number of piperidine rings is 1. The Hall–Kier alpha value is -3.44. The molecule has 4 heterocycles. The first-order chi connectivity index (χ1) is 17.0. The quantitative estimate of drug-likeness (QED) is 0.375. The maximum atomic E-state index is 13.8. The van der Waals surface area contributed by atoms with Gasteiger partial charge < -0.3 is 15.0 Å². The van der Waals surface area contributed by atoms with E-state index in [-0.39, 0.29) is 18.0 Å². The lowest BCUT2D eigenvalue weighted by Gasteiger charge is -2.31. The Kier molecular flexibility index (Phi) is 6.44. The molecular formula is C24H23BrFN7O2. The Morgan fingerprint density at radius 2 is 2.11 bits per heavy atom. The lowest BCUT2D eigenvalue weighted by Crippen LogP contribution is -2.44. The second-order valence-corrected chi connectivity index (χ2v) is 9.11. The van der Waals surface area contributed by atoms with E-state index in [0.717, 1.165) is 29.7 Å². The molecule has 35 heavy (non-hydrogen) atoms. The van der Waals surface area contributed by atoms with Crippen molar-refractivity contribution < 1.29 is 13.9 Å². The summed E-state index contributed by atoms with van der Waals surface area (Å²) >= 11 is 3.61. The second-order valence-electron chi connectivity index (χ2n) is 8.32. The largest absolute Gasteiger partial charge is 0.453 e. The number of halogens is 2. The number of carbonyl (C=O) groups excluding carboxylic acids is 1. The van der Waals surface area contributed by atoms with Crippen LogP contribution in [0.3, 0.4) is 0 Å². The third-order valence-electron chi connectivity index (χ3n) is 6.23. The molecule has 0 unspecified atom stereocenters. The van der Waals surface area contributed by atoms with Crippen LogP contribution in [0, 0.1) is 5.82 Å². The molecule has 1 aromatic carbocycles. The molecule has 0 saturated carbocycles. The molecule has 0 aliphatic carbocycles. The number of nitrogens with zero attached hydrogens (tertiary/aromatic N) is 6. The molecule has 9 nitrogen and oxygen atoms in total. The molecule has 5 rings (SSSR count). The Labute approximate surface area is 209 Å². The third kappa shape index (κ3) is 4.48. The van der Waals surface area contributed by atoms with Crippen molar-refractivity contribution >= 4 is 51.1 Å². The van der Waals surface area contributed by atoms with Gasteiger partial charge in [0.2, 0.25) is 0 Å². The summed E-state index contributed by atoms with van der Waals surface area (Å²) < 4.78 is 20.9. The molecule has 0 spiro atoms. The highest BCUT2D eigenvalue weighted by Crippen LogP contribution is 2.33. The van der Waals surface area contributed by atoms with Crippen LogP contribution in [0.25, 0.3) is 27.7 Å². The van der Waals surface area contributed by atoms with Gasteiger partial charge in [-0.3, -0.25) is 4.98 Å². The average molecular weight is 540 g/mol. The van der Waals surface area contributed by atoms with Gasteiger partial charge in [-0.05, 0) is 59.8 Å². The summed E-state index contributed by atoms with van der Waals surface area (Å²) in [6, 6.07) is 6.62. The predicted octanol–water partition coefficient (Wildman–Crippen LogP) is 4.50. The van der Waals surface area contributed by atoms with E-state index in [0.29, 0.717) is 46.5 Å². The van der Waals surface area contributed by atoms with E-state index < -0.39 is 0 Å². The van der Waals surface area contributed by atoms with Crippen LogP contribution in [0.5, 0.6) is 0 Å². The van der Waals surface area contributed by atoms with E-state index in [1.54, 1.807) is 27.9 Å². The van der Waals surface area contributed by atoms with Gasteiger partial charge in [0, 0.05) is 48.4 Å². The fourth-order valence-electron chi connectivity index (χ4n) is 4.35. The van der Waals surface area contributed by atoms with Gasteiger partial charge >= 0.3 is 6.09 Å². The molecule has 1 aliphatic heterocycles. The lowest BCUT2D eigenvalue weighted by molar-refractivity contribution is 0.109. The number of fused-ring (bicyclic) bond motifs is 2. The molecule has 4 aromatic rings. The first kappa shape index (κ1) is 23.3. The molecule has 3 aromatic heterocycles. The SMILES string of the molecule is C=Nc1c(Br)c(CNC2CCN(C(=O)OC)CC2)nc2c(-c3cnc4ccc(F)cc4c3)cnn12. The van der Waals surface area contributed by atoms with Gasteiger partial charge in [0.25, 0.3) is 0 Å². The van der Waals surface area contributed by atoms with Gasteiger partial charge in [0.1, 0.15) is 5.82 Å². The van der Waals surface area contributed by atoms with Crippen LogP contribution in [-0.2, 0) is 11.3 Å². The van der Waals surface area contributed by atoms with E-state index in [4.69, 9.17) is 9.72 Å². The first-order valence-electron chi connectivity index (χ1n) is 11.1. The molecule has 1 saturated heterocycles. The monoisotopic (exact) mass is 539 g/mol. The van der Waals surface area contributed by atoms with E-state index in [2.05, 4.69) is 43.0 Å². The van der Waals surface area contributed by atoms with E-state index >= 15 is 0 Å². The van der Waals surface area contributed by atoms with Crippen LogP contribution >= 0.6 is 15.9 Å². The highest BCUT2D eigenvalue weighted by molar-refractivity contribution is 9.10. The van der Waals surface area contributed by atoms with Crippen molar-refractivity contribution in [1.82, 2.24) is 29.8 Å². The van der Waals surface area contributed by atoms with Crippen molar-refractivity contribution in [2.24, 2.45) is 4.99 Å². The Morgan fingerprint density at radius 1 is 1.31 bits per heavy atom. The molecule has 0 bridgehead atoms. The number of aliphatic imine (C=N–C) groups is 1. The average Bonchev–Trinajstić information content (AvgIpc) is 3.30. The topological polar surface area (TPSA) is 97.0 Å². The van der Waals surface area contributed by atoms with Crippen molar-refractivity contribution in [3.8, 4) is 11.1 Å².